The molecule has 0 bridgehead atoms. The Hall–Kier alpha value is -3.07. The second-order valence-corrected chi connectivity index (χ2v) is 16.1. The van der Waals surface area contributed by atoms with Crippen molar-refractivity contribution in [2.24, 2.45) is 5.10 Å². The minimum absolute atomic E-state index is 0. The molecule has 277 valence electrons. The van der Waals surface area contributed by atoms with Gasteiger partial charge in [0.25, 0.3) is 0 Å². The predicted octanol–water partition coefficient (Wildman–Crippen LogP) is 3.31. The van der Waals surface area contributed by atoms with Crippen LogP contribution < -0.4 is 35.4 Å². The minimum atomic E-state index is -0.196. The number of hydrazine groups is 1. The zero-order valence-corrected chi connectivity index (χ0v) is 35.5. The molecular formula is C39H52Cl2N3O6Zr. The van der Waals surface area contributed by atoms with Crippen molar-refractivity contribution in [3.63, 3.8) is 0 Å². The van der Waals surface area contributed by atoms with Crippen LogP contribution in [0.3, 0.4) is 0 Å². The molecule has 9 nitrogen and oxygen atoms in total. The van der Waals surface area contributed by atoms with E-state index in [0.29, 0.717) is 36.7 Å². The van der Waals surface area contributed by atoms with Crippen molar-refractivity contribution in [1.82, 2.24) is 5.43 Å². The van der Waals surface area contributed by atoms with E-state index >= 15 is 0 Å². The maximum Gasteiger partial charge on any atom is -1.00 e. The SMILES string of the molecule is CC(C)c1cc(C(C)C)c(O)c(C2=NN(c3c(O)c(C(C)C)cc(C(C)C)c3O)NC(c3c(O)c(C(C)C)cc(C(C)C)c3O)=[C]2[Zr+2])c1O.[Cl-].[Cl-]. The van der Waals surface area contributed by atoms with Crippen LogP contribution in [-0.2, 0) is 24.7 Å². The van der Waals surface area contributed by atoms with Crippen LogP contribution in [0.2, 0.25) is 0 Å². The number of hydrogen-bond acceptors (Lipinski definition) is 9. The number of anilines is 1. The van der Waals surface area contributed by atoms with Gasteiger partial charge < -0.3 is 24.8 Å². The van der Waals surface area contributed by atoms with Crippen LogP contribution in [0, 0.1) is 0 Å². The first kappa shape index (κ1) is 44.1. The third-order valence-corrected chi connectivity index (χ3v) is 10.5. The molecule has 12 heteroatoms. The monoisotopic (exact) mass is 818 g/mol. The summed E-state index contributed by atoms with van der Waals surface area (Å²) in [7, 11) is 0. The van der Waals surface area contributed by atoms with Crippen molar-refractivity contribution in [2.75, 3.05) is 5.12 Å². The first-order valence-corrected chi connectivity index (χ1v) is 18.3. The molecule has 4 rings (SSSR count). The number of nitrogens with zero attached hydrogens (tertiary/aromatic N) is 2. The Morgan fingerprint density at radius 1 is 0.490 bits per heavy atom. The standard InChI is InChI=1S/C39H52N3O6.2ClH.Zr/c1-17(2)23-13-24(18(3)4)35(44)31(34(23)43)29-16-30(32-36(45)25(19(5)6)14-26(20(7)8)37(32)46)41-42(40-29)33-38(47)27(21(9)10)15-28(22(11)12)39(33)48;;;/h13-15,17-22,40,43-48H,1-12H3;2*1H;/q;;;+2/p-2. The molecule has 0 atom stereocenters. The molecule has 0 aromatic heterocycles. The van der Waals surface area contributed by atoms with Gasteiger partial charge in [0.15, 0.2) is 0 Å². The van der Waals surface area contributed by atoms with Gasteiger partial charge in [-0.1, -0.05) is 0 Å². The summed E-state index contributed by atoms with van der Waals surface area (Å²) in [5.74, 6) is -1.52. The molecule has 1 heterocycles. The molecule has 0 saturated heterocycles. The molecule has 7 N–H and O–H groups in total. The van der Waals surface area contributed by atoms with Crippen molar-refractivity contribution in [3.05, 3.63) is 66.0 Å². The second kappa shape index (κ2) is 16.7. The van der Waals surface area contributed by atoms with E-state index in [2.05, 4.69) is 5.43 Å². The fraction of sp³-hybridized carbons (Fsp3) is 0.462. The Balaban J connectivity index is 0.00000451. The molecule has 51 heavy (non-hydrogen) atoms. The maximum absolute atomic E-state index is 11.8. The summed E-state index contributed by atoms with van der Waals surface area (Å²) in [4.78, 5) is 0. The van der Waals surface area contributed by atoms with E-state index < -0.39 is 0 Å². The number of phenolic OH excluding ortho intramolecular Hbond substituents is 6. The van der Waals surface area contributed by atoms with Gasteiger partial charge in [0.05, 0.1) is 0 Å². The zero-order valence-electron chi connectivity index (χ0n) is 31.5. The largest absolute Gasteiger partial charge is 1.00 e. The van der Waals surface area contributed by atoms with Crippen LogP contribution >= 0.6 is 0 Å². The van der Waals surface area contributed by atoms with E-state index in [-0.39, 0.29) is 123 Å². The minimum Gasteiger partial charge on any atom is -1.00 e. The van der Waals surface area contributed by atoms with Crippen molar-refractivity contribution in [3.8, 4) is 34.5 Å². The van der Waals surface area contributed by atoms with Gasteiger partial charge in [0, 0.05) is 0 Å². The van der Waals surface area contributed by atoms with E-state index in [1.54, 1.807) is 6.07 Å². The molecule has 3 aromatic carbocycles. The van der Waals surface area contributed by atoms with Gasteiger partial charge in [-0.25, -0.2) is 0 Å². The number of benzene rings is 3. The summed E-state index contributed by atoms with van der Waals surface area (Å²) < 4.78 is 0.494. The van der Waals surface area contributed by atoms with Gasteiger partial charge in [-0.3, -0.25) is 0 Å². The summed E-state index contributed by atoms with van der Waals surface area (Å²) in [5, 5.41) is 76.9. The van der Waals surface area contributed by atoms with E-state index in [9.17, 15) is 30.6 Å². The Morgan fingerprint density at radius 3 is 1.06 bits per heavy atom. The van der Waals surface area contributed by atoms with Crippen molar-refractivity contribution in [2.45, 2.75) is 119 Å². The van der Waals surface area contributed by atoms with Gasteiger partial charge >= 0.3 is 307 Å². The number of rotatable bonds is 9. The number of phenols is 6. The first-order valence-electron chi connectivity index (χ1n) is 17.1. The second-order valence-electron chi connectivity index (χ2n) is 14.9. The topological polar surface area (TPSA) is 149 Å². The Morgan fingerprint density at radius 2 is 0.765 bits per heavy atom. The van der Waals surface area contributed by atoms with Crippen molar-refractivity contribution in [1.29, 1.82) is 0 Å². The van der Waals surface area contributed by atoms with Crippen LogP contribution in [-0.4, -0.2) is 36.4 Å². The third-order valence-electron chi connectivity index (χ3n) is 9.30. The van der Waals surface area contributed by atoms with Gasteiger partial charge in [-0.05, 0) is 0 Å². The summed E-state index contributed by atoms with van der Waals surface area (Å²) >= 11 is 0.794. The molecular weight excluding hydrogens is 769 g/mol. The Bertz CT molecular complexity index is 1750. The predicted molar refractivity (Wildman–Crippen MR) is 193 cm³/mol. The molecule has 0 amide bonds. The molecule has 0 fully saturated rings. The van der Waals surface area contributed by atoms with Crippen molar-refractivity contribution >= 4 is 17.1 Å². The molecule has 1 aliphatic rings. The van der Waals surface area contributed by atoms with E-state index in [1.165, 1.54) is 5.12 Å². The molecule has 1 aliphatic heterocycles. The van der Waals surface area contributed by atoms with E-state index in [0.717, 1.165) is 24.7 Å². The smallest absolute Gasteiger partial charge is 1.00 e. The number of halogens is 2. The van der Waals surface area contributed by atoms with Crippen molar-refractivity contribution < 1.29 is 80.2 Å². The van der Waals surface area contributed by atoms with Crippen LogP contribution in [0.15, 0.2) is 26.6 Å². The first-order chi connectivity index (χ1) is 22.7. The number of allylic oxidation sites excluding steroid dienone is 1. The van der Waals surface area contributed by atoms with Crippen LogP contribution in [0.1, 0.15) is 163 Å². The number of hydrogen-bond donors (Lipinski definition) is 7. The van der Waals surface area contributed by atoms with Gasteiger partial charge in [0.1, 0.15) is 0 Å². The number of hydrazone groups is 1. The normalized spacial score (nSPS) is 13.4. The number of nitrogens with one attached hydrogen (secondary N) is 1. The molecule has 0 spiro atoms. The fourth-order valence-corrected chi connectivity index (χ4v) is 7.19. The average molecular weight is 821 g/mol. The van der Waals surface area contributed by atoms with Gasteiger partial charge in [0.2, 0.25) is 0 Å². The Labute approximate surface area is 330 Å². The van der Waals surface area contributed by atoms with Crippen LogP contribution in [0.5, 0.6) is 34.5 Å². The third kappa shape index (κ3) is 7.99. The van der Waals surface area contributed by atoms with Gasteiger partial charge in [-0.2, -0.15) is 0 Å². The quantitative estimate of drug-likeness (QED) is 0.174. The summed E-state index contributed by atoms with van der Waals surface area (Å²) in [6.07, 6.45) is 0. The summed E-state index contributed by atoms with van der Waals surface area (Å²) in [6, 6.07) is 5.43. The van der Waals surface area contributed by atoms with Crippen LogP contribution in [0.25, 0.3) is 5.70 Å². The average Bonchev–Trinajstić information content (AvgIpc) is 2.98. The zero-order chi connectivity index (χ0) is 37.0. The van der Waals surface area contributed by atoms with E-state index in [4.69, 9.17) is 5.10 Å². The summed E-state index contributed by atoms with van der Waals surface area (Å²) in [6.45, 7) is 23.4. The molecule has 0 unspecified atom stereocenters. The maximum atomic E-state index is 11.8. The van der Waals surface area contributed by atoms with E-state index in [1.807, 2.05) is 95.2 Å². The Kier molecular flexibility index (Phi) is 14.5. The van der Waals surface area contributed by atoms with Crippen LogP contribution in [0.4, 0.5) is 5.69 Å². The fourth-order valence-electron chi connectivity index (χ4n) is 6.32. The molecule has 0 saturated carbocycles. The number of aromatic hydroxyl groups is 6. The molecule has 3 aromatic rings. The van der Waals surface area contributed by atoms with Gasteiger partial charge in [-0.15, -0.1) is 0 Å². The molecule has 0 radical (unpaired) electrons. The molecule has 0 aliphatic carbocycles. The summed E-state index contributed by atoms with van der Waals surface area (Å²) in [5.41, 5.74) is 7.56.